The Bertz CT molecular complexity index is 651. The first-order chi connectivity index (χ1) is 10.0. The minimum atomic E-state index is -1.34. The van der Waals surface area contributed by atoms with E-state index in [9.17, 15) is 19.8 Å². The molecule has 2 heterocycles. The van der Waals surface area contributed by atoms with Crippen LogP contribution in [0.3, 0.4) is 0 Å². The summed E-state index contributed by atoms with van der Waals surface area (Å²) >= 11 is 0. The Balaban J connectivity index is 2.11. The van der Waals surface area contributed by atoms with E-state index in [1.165, 1.54) is 4.57 Å². The Kier molecular flexibility index (Phi) is 3.70. The third-order valence-corrected chi connectivity index (χ3v) is 4.21. The normalized spacial score (nSPS) is 32.1. The molecule has 1 saturated heterocycles. The number of ether oxygens (including phenoxy) is 1. The third-order valence-electron chi connectivity index (χ3n) is 4.21. The molecule has 2 aliphatic rings. The summed E-state index contributed by atoms with van der Waals surface area (Å²) in [6, 6.07) is 0. The fraction of sp³-hybridized carbons (Fsp3) is 0.692. The zero-order chi connectivity index (χ0) is 15.1. The largest absolute Gasteiger partial charge is 0.394 e. The monoisotopic (exact) mass is 298 g/mol. The lowest BCUT2D eigenvalue weighted by Crippen LogP contribution is -2.42. The number of fused-ring (bicyclic) bond motifs is 1. The minimum absolute atomic E-state index is 0.405. The number of aliphatic hydroxyl groups is 3. The van der Waals surface area contributed by atoms with Gasteiger partial charge in [-0.2, -0.15) is 0 Å². The van der Waals surface area contributed by atoms with Crippen LogP contribution in [0.1, 0.15) is 30.3 Å². The van der Waals surface area contributed by atoms with Gasteiger partial charge in [0.1, 0.15) is 18.3 Å². The molecule has 0 aromatic carbocycles. The van der Waals surface area contributed by atoms with Crippen LogP contribution in [-0.2, 0) is 17.6 Å². The van der Waals surface area contributed by atoms with E-state index in [2.05, 4.69) is 4.98 Å². The summed E-state index contributed by atoms with van der Waals surface area (Å²) in [6.07, 6.45) is -1.86. The summed E-state index contributed by atoms with van der Waals surface area (Å²) in [5, 5.41) is 29.0. The number of H-pyrrole nitrogens is 1. The van der Waals surface area contributed by atoms with E-state index in [-0.39, 0.29) is 0 Å². The molecule has 1 aliphatic carbocycles. The first-order valence-corrected chi connectivity index (χ1v) is 7.03. The second-order valence-electron chi connectivity index (χ2n) is 5.49. The summed E-state index contributed by atoms with van der Waals surface area (Å²) in [5.41, 5.74) is -0.00314. The molecule has 8 heteroatoms. The summed E-state index contributed by atoms with van der Waals surface area (Å²) in [6.45, 7) is -0.463. The van der Waals surface area contributed by atoms with E-state index < -0.39 is 42.4 Å². The predicted molar refractivity (Wildman–Crippen MR) is 71.0 cm³/mol. The van der Waals surface area contributed by atoms with Gasteiger partial charge < -0.3 is 20.1 Å². The SMILES string of the molecule is O=c1[nH]c(=O)n([C@@H]2O[C@@H](CO)[C@@H](O)[C@H]2O)c2c1CCCC2. The number of hydrogen-bond acceptors (Lipinski definition) is 6. The zero-order valence-electron chi connectivity index (χ0n) is 11.4. The maximum atomic E-state index is 12.1. The predicted octanol–water partition coefficient (Wildman–Crippen LogP) is -1.97. The van der Waals surface area contributed by atoms with Gasteiger partial charge in [-0.15, -0.1) is 0 Å². The summed E-state index contributed by atoms with van der Waals surface area (Å²) in [5.74, 6) is 0. The van der Waals surface area contributed by atoms with Crippen molar-refractivity contribution in [2.75, 3.05) is 6.61 Å². The highest BCUT2D eigenvalue weighted by molar-refractivity contribution is 5.21. The van der Waals surface area contributed by atoms with Crippen LogP contribution >= 0.6 is 0 Å². The molecule has 1 fully saturated rings. The molecule has 116 valence electrons. The molecule has 3 rings (SSSR count). The second-order valence-corrected chi connectivity index (χ2v) is 5.49. The van der Waals surface area contributed by atoms with Crippen LogP contribution in [0.25, 0.3) is 0 Å². The number of aromatic amines is 1. The average molecular weight is 298 g/mol. The maximum absolute atomic E-state index is 12.1. The lowest BCUT2D eigenvalue weighted by Gasteiger charge is -2.25. The van der Waals surface area contributed by atoms with Gasteiger partial charge in [-0.05, 0) is 25.7 Å². The molecule has 4 atom stereocenters. The van der Waals surface area contributed by atoms with E-state index >= 15 is 0 Å². The van der Waals surface area contributed by atoms with Crippen LogP contribution in [0, 0.1) is 0 Å². The lowest BCUT2D eigenvalue weighted by atomic mass is 9.96. The van der Waals surface area contributed by atoms with Crippen LogP contribution < -0.4 is 11.2 Å². The van der Waals surface area contributed by atoms with Crippen molar-refractivity contribution in [2.24, 2.45) is 0 Å². The molecule has 0 saturated carbocycles. The average Bonchev–Trinajstić information content (AvgIpc) is 2.75. The number of hydrogen-bond donors (Lipinski definition) is 4. The molecule has 1 aliphatic heterocycles. The molecule has 21 heavy (non-hydrogen) atoms. The van der Waals surface area contributed by atoms with Gasteiger partial charge in [0.15, 0.2) is 6.23 Å². The van der Waals surface area contributed by atoms with Crippen LogP contribution in [0.15, 0.2) is 9.59 Å². The van der Waals surface area contributed by atoms with Crippen LogP contribution in [0.5, 0.6) is 0 Å². The highest BCUT2D eigenvalue weighted by Gasteiger charge is 2.44. The smallest absolute Gasteiger partial charge is 0.330 e. The molecule has 0 spiro atoms. The van der Waals surface area contributed by atoms with Gasteiger partial charge in [0.05, 0.1) is 6.61 Å². The quantitative estimate of drug-likeness (QED) is 0.502. The molecule has 1 aromatic heterocycles. The van der Waals surface area contributed by atoms with Gasteiger partial charge in [0.25, 0.3) is 5.56 Å². The van der Waals surface area contributed by atoms with E-state index in [1.807, 2.05) is 0 Å². The number of nitrogens with one attached hydrogen (secondary N) is 1. The third kappa shape index (κ3) is 2.24. The van der Waals surface area contributed by atoms with E-state index in [4.69, 9.17) is 9.84 Å². The van der Waals surface area contributed by atoms with Gasteiger partial charge >= 0.3 is 5.69 Å². The molecule has 0 radical (unpaired) electrons. The van der Waals surface area contributed by atoms with Crippen molar-refractivity contribution in [3.05, 3.63) is 32.1 Å². The van der Waals surface area contributed by atoms with Crippen molar-refractivity contribution in [3.63, 3.8) is 0 Å². The van der Waals surface area contributed by atoms with Crippen molar-refractivity contribution < 1.29 is 20.1 Å². The number of nitrogens with zero attached hydrogens (tertiary/aromatic N) is 1. The standard InChI is InChI=1S/C13H18N2O6/c16-5-8-9(17)10(18)12(21-8)15-7-4-2-1-3-6(7)11(19)14-13(15)20/h8-10,12,16-18H,1-5H2,(H,14,19,20)/t8-,9+,10+,12+/m0/s1. The molecular formula is C13H18N2O6. The summed E-state index contributed by atoms with van der Waals surface area (Å²) in [4.78, 5) is 26.2. The summed E-state index contributed by atoms with van der Waals surface area (Å²) < 4.78 is 6.61. The van der Waals surface area contributed by atoms with Crippen molar-refractivity contribution in [3.8, 4) is 0 Å². The van der Waals surface area contributed by atoms with Gasteiger partial charge in [0, 0.05) is 11.3 Å². The van der Waals surface area contributed by atoms with Crippen LogP contribution in [0.2, 0.25) is 0 Å². The lowest BCUT2D eigenvalue weighted by molar-refractivity contribution is -0.0565. The van der Waals surface area contributed by atoms with Gasteiger partial charge in [-0.1, -0.05) is 0 Å². The van der Waals surface area contributed by atoms with Gasteiger partial charge in [-0.3, -0.25) is 14.3 Å². The Labute approximate surface area is 119 Å². The van der Waals surface area contributed by atoms with Crippen molar-refractivity contribution in [1.82, 2.24) is 9.55 Å². The van der Waals surface area contributed by atoms with Crippen LogP contribution in [-0.4, -0.2) is 49.8 Å². The number of rotatable bonds is 2. The van der Waals surface area contributed by atoms with Crippen molar-refractivity contribution in [2.45, 2.75) is 50.2 Å². The zero-order valence-corrected chi connectivity index (χ0v) is 11.4. The van der Waals surface area contributed by atoms with E-state index in [0.29, 0.717) is 24.1 Å². The highest BCUT2D eigenvalue weighted by atomic mass is 16.6. The van der Waals surface area contributed by atoms with E-state index in [0.717, 1.165) is 12.8 Å². The minimum Gasteiger partial charge on any atom is -0.394 e. The number of aliphatic hydroxyl groups excluding tert-OH is 3. The summed E-state index contributed by atoms with van der Waals surface area (Å²) in [7, 11) is 0. The Morgan fingerprint density at radius 1 is 1.19 bits per heavy atom. The molecule has 8 nitrogen and oxygen atoms in total. The molecular weight excluding hydrogens is 280 g/mol. The molecule has 0 bridgehead atoms. The topological polar surface area (TPSA) is 125 Å². The fourth-order valence-electron chi connectivity index (χ4n) is 3.12. The molecule has 4 N–H and O–H groups in total. The van der Waals surface area contributed by atoms with Crippen molar-refractivity contribution in [1.29, 1.82) is 0 Å². The van der Waals surface area contributed by atoms with Gasteiger partial charge in [-0.25, -0.2) is 4.79 Å². The van der Waals surface area contributed by atoms with Gasteiger partial charge in [0.2, 0.25) is 0 Å². The van der Waals surface area contributed by atoms with Crippen molar-refractivity contribution >= 4 is 0 Å². The Morgan fingerprint density at radius 3 is 2.57 bits per heavy atom. The fourth-order valence-corrected chi connectivity index (χ4v) is 3.12. The Morgan fingerprint density at radius 2 is 1.90 bits per heavy atom. The number of aromatic nitrogens is 2. The highest BCUT2D eigenvalue weighted by Crippen LogP contribution is 2.30. The first-order valence-electron chi connectivity index (χ1n) is 7.03. The Hall–Kier alpha value is -1.48. The van der Waals surface area contributed by atoms with Crippen LogP contribution in [0.4, 0.5) is 0 Å². The van der Waals surface area contributed by atoms with E-state index in [1.54, 1.807) is 0 Å². The molecule has 0 amide bonds. The first kappa shape index (κ1) is 14.5. The molecule has 0 unspecified atom stereocenters. The molecule has 1 aromatic rings. The second kappa shape index (κ2) is 5.38. The maximum Gasteiger partial charge on any atom is 0.330 e.